The molecule has 0 amide bonds. The third-order valence-corrected chi connectivity index (χ3v) is 6.19. The summed E-state index contributed by atoms with van der Waals surface area (Å²) in [4.78, 5) is 7.04. The number of halogens is 2. The number of fused-ring (bicyclic) bond motifs is 3. The molecule has 0 fully saturated rings. The molecule has 2 aromatic heterocycles. The predicted octanol–water partition coefficient (Wildman–Crippen LogP) is 6.57. The lowest BCUT2D eigenvalue weighted by molar-refractivity contribution is 0.786. The second-order valence-corrected chi connectivity index (χ2v) is 8.18. The van der Waals surface area contributed by atoms with Crippen molar-refractivity contribution in [2.24, 2.45) is 0 Å². The Labute approximate surface area is 156 Å². The number of rotatable bonds is 3. The van der Waals surface area contributed by atoms with Gasteiger partial charge in [-0.05, 0) is 36.6 Å². The van der Waals surface area contributed by atoms with Gasteiger partial charge in [0.1, 0.15) is 0 Å². The summed E-state index contributed by atoms with van der Waals surface area (Å²) >= 11 is 14.0. The molecule has 1 aromatic carbocycles. The largest absolute Gasteiger partial charge is 0.343 e. The Morgan fingerprint density at radius 2 is 2.00 bits per heavy atom. The SMILES string of the molecule is CC(C)c1nccc2c1c(Sc1ccc(Cl)c(Cl)c1)c1n2CC[CH]1. The Balaban J connectivity index is 1.92. The van der Waals surface area contributed by atoms with Crippen molar-refractivity contribution in [3.8, 4) is 0 Å². The van der Waals surface area contributed by atoms with Crippen LogP contribution in [0, 0.1) is 6.42 Å². The van der Waals surface area contributed by atoms with Gasteiger partial charge < -0.3 is 4.57 Å². The topological polar surface area (TPSA) is 17.8 Å². The van der Waals surface area contributed by atoms with Gasteiger partial charge in [-0.3, -0.25) is 4.98 Å². The predicted molar refractivity (Wildman–Crippen MR) is 102 cm³/mol. The number of hydrogen-bond acceptors (Lipinski definition) is 2. The molecule has 1 radical (unpaired) electrons. The van der Waals surface area contributed by atoms with E-state index in [4.69, 9.17) is 23.2 Å². The molecule has 0 spiro atoms. The first kappa shape index (κ1) is 16.3. The van der Waals surface area contributed by atoms with Crippen molar-refractivity contribution in [1.82, 2.24) is 9.55 Å². The van der Waals surface area contributed by atoms with E-state index < -0.39 is 0 Å². The zero-order valence-electron chi connectivity index (χ0n) is 13.5. The van der Waals surface area contributed by atoms with E-state index in [1.165, 1.54) is 21.5 Å². The van der Waals surface area contributed by atoms with Gasteiger partial charge in [-0.1, -0.05) is 48.8 Å². The van der Waals surface area contributed by atoms with E-state index in [-0.39, 0.29) is 0 Å². The van der Waals surface area contributed by atoms with Gasteiger partial charge in [-0.25, -0.2) is 0 Å². The van der Waals surface area contributed by atoms with Crippen LogP contribution in [-0.4, -0.2) is 9.55 Å². The van der Waals surface area contributed by atoms with Crippen molar-refractivity contribution in [2.75, 3.05) is 0 Å². The fourth-order valence-corrected chi connectivity index (χ4v) is 4.80. The Morgan fingerprint density at radius 1 is 1.17 bits per heavy atom. The molecule has 0 saturated heterocycles. The van der Waals surface area contributed by atoms with Crippen LogP contribution in [0.5, 0.6) is 0 Å². The standard InChI is InChI=1S/C19H17Cl2N2S/c1-11(2)18-17-15(7-8-22-18)23-9-3-4-16(23)19(17)24-12-5-6-13(20)14(21)10-12/h4-8,10-11H,3,9H2,1-2H3. The molecular formula is C19H17Cl2N2S. The van der Waals surface area contributed by atoms with Crippen molar-refractivity contribution in [2.45, 2.75) is 42.5 Å². The lowest BCUT2D eigenvalue weighted by Crippen LogP contribution is -1.95. The summed E-state index contributed by atoms with van der Waals surface area (Å²) < 4.78 is 2.41. The van der Waals surface area contributed by atoms with Gasteiger partial charge >= 0.3 is 0 Å². The molecule has 0 unspecified atom stereocenters. The van der Waals surface area contributed by atoms with Crippen LogP contribution < -0.4 is 0 Å². The molecular weight excluding hydrogens is 359 g/mol. The van der Waals surface area contributed by atoms with Gasteiger partial charge in [-0.15, -0.1) is 0 Å². The lowest BCUT2D eigenvalue weighted by atomic mass is 10.1. The van der Waals surface area contributed by atoms with Crippen molar-refractivity contribution in [3.63, 3.8) is 0 Å². The quantitative estimate of drug-likeness (QED) is 0.514. The molecule has 0 atom stereocenters. The fraction of sp³-hybridized carbons (Fsp3) is 0.263. The molecule has 5 heteroatoms. The van der Waals surface area contributed by atoms with Gasteiger partial charge in [0.25, 0.3) is 0 Å². The van der Waals surface area contributed by atoms with E-state index >= 15 is 0 Å². The number of nitrogens with zero attached hydrogens (tertiary/aromatic N) is 2. The van der Waals surface area contributed by atoms with Crippen LogP contribution in [0.25, 0.3) is 10.9 Å². The number of aryl methyl sites for hydroxylation is 1. The molecule has 1 aliphatic heterocycles. The Hall–Kier alpha value is -1.16. The maximum Gasteiger partial charge on any atom is 0.0603 e. The highest BCUT2D eigenvalue weighted by atomic mass is 35.5. The first-order chi connectivity index (χ1) is 11.6. The van der Waals surface area contributed by atoms with Gasteiger partial charge in [0.15, 0.2) is 0 Å². The van der Waals surface area contributed by atoms with Gasteiger partial charge in [0, 0.05) is 40.0 Å². The van der Waals surface area contributed by atoms with E-state index in [0.29, 0.717) is 16.0 Å². The Bertz CT molecular complexity index is 931. The van der Waals surface area contributed by atoms with Crippen molar-refractivity contribution in [1.29, 1.82) is 0 Å². The molecule has 1 aliphatic rings. The van der Waals surface area contributed by atoms with Gasteiger partial charge in [-0.2, -0.15) is 0 Å². The molecule has 3 aromatic rings. The van der Waals surface area contributed by atoms with E-state index in [0.717, 1.165) is 23.6 Å². The average Bonchev–Trinajstić information content (AvgIpc) is 3.13. The van der Waals surface area contributed by atoms with Crippen molar-refractivity contribution < 1.29 is 0 Å². The third-order valence-electron chi connectivity index (χ3n) is 4.35. The molecule has 0 bridgehead atoms. The highest BCUT2D eigenvalue weighted by Crippen LogP contribution is 2.44. The summed E-state index contributed by atoms with van der Waals surface area (Å²) in [5, 5.41) is 2.45. The van der Waals surface area contributed by atoms with E-state index in [1.807, 2.05) is 24.4 Å². The number of pyridine rings is 1. The summed E-state index contributed by atoms with van der Waals surface area (Å²) in [6.45, 7) is 5.43. The first-order valence-electron chi connectivity index (χ1n) is 8.03. The summed E-state index contributed by atoms with van der Waals surface area (Å²) in [5.41, 5.74) is 3.74. The van der Waals surface area contributed by atoms with Crippen LogP contribution in [0.15, 0.2) is 40.3 Å². The molecule has 0 saturated carbocycles. The minimum Gasteiger partial charge on any atom is -0.343 e. The Kier molecular flexibility index (Phi) is 4.27. The normalized spacial score (nSPS) is 13.9. The average molecular weight is 376 g/mol. The zero-order chi connectivity index (χ0) is 16.8. The van der Waals surface area contributed by atoms with E-state index in [2.05, 4.69) is 35.9 Å². The first-order valence-corrected chi connectivity index (χ1v) is 9.60. The van der Waals surface area contributed by atoms with Gasteiger partial charge in [0.2, 0.25) is 0 Å². The number of benzene rings is 1. The maximum atomic E-state index is 6.20. The highest BCUT2D eigenvalue weighted by molar-refractivity contribution is 7.99. The van der Waals surface area contributed by atoms with Crippen LogP contribution in [0.2, 0.25) is 10.0 Å². The van der Waals surface area contributed by atoms with Gasteiger partial charge in [0.05, 0.1) is 21.3 Å². The van der Waals surface area contributed by atoms with Crippen molar-refractivity contribution in [3.05, 3.63) is 58.3 Å². The van der Waals surface area contributed by atoms with E-state index in [9.17, 15) is 0 Å². The third kappa shape index (κ3) is 2.63. The molecule has 0 N–H and O–H groups in total. The summed E-state index contributed by atoms with van der Waals surface area (Å²) in [7, 11) is 0. The Morgan fingerprint density at radius 3 is 2.75 bits per heavy atom. The summed E-state index contributed by atoms with van der Waals surface area (Å²) in [5.74, 6) is 0.380. The second kappa shape index (κ2) is 6.29. The van der Waals surface area contributed by atoms with Crippen LogP contribution >= 0.6 is 35.0 Å². The van der Waals surface area contributed by atoms with Crippen molar-refractivity contribution >= 4 is 45.9 Å². The minimum atomic E-state index is 0.380. The van der Waals surface area contributed by atoms with Crippen LogP contribution in [0.4, 0.5) is 0 Å². The minimum absolute atomic E-state index is 0.380. The molecule has 123 valence electrons. The van der Waals surface area contributed by atoms with E-state index in [1.54, 1.807) is 11.8 Å². The molecule has 4 rings (SSSR count). The smallest absolute Gasteiger partial charge is 0.0603 e. The number of hydrogen-bond donors (Lipinski definition) is 0. The van der Waals surface area contributed by atoms with Crippen LogP contribution in [-0.2, 0) is 6.54 Å². The summed E-state index contributed by atoms with van der Waals surface area (Å²) in [6, 6.07) is 7.94. The monoisotopic (exact) mass is 375 g/mol. The molecule has 3 heterocycles. The second-order valence-electron chi connectivity index (χ2n) is 6.28. The zero-order valence-corrected chi connectivity index (χ0v) is 15.8. The molecule has 2 nitrogen and oxygen atoms in total. The molecule has 24 heavy (non-hydrogen) atoms. The highest BCUT2D eigenvalue weighted by Gasteiger charge is 2.25. The van der Waals surface area contributed by atoms with Crippen LogP contribution in [0.3, 0.4) is 0 Å². The fourth-order valence-electron chi connectivity index (χ4n) is 3.28. The number of aromatic nitrogens is 2. The lowest BCUT2D eigenvalue weighted by Gasteiger charge is -2.10. The summed E-state index contributed by atoms with van der Waals surface area (Å²) in [6.07, 6.45) is 5.33. The van der Waals surface area contributed by atoms with Crippen LogP contribution in [0.1, 0.15) is 37.6 Å². The maximum absolute atomic E-state index is 6.20. The molecule has 0 aliphatic carbocycles.